The predicted molar refractivity (Wildman–Crippen MR) is 244 cm³/mol. The van der Waals surface area contributed by atoms with Crippen LogP contribution in [0.4, 0.5) is 18.4 Å². The van der Waals surface area contributed by atoms with E-state index in [1.807, 2.05) is 69.9 Å². The minimum Gasteiger partial charge on any atom is -0.453 e. The van der Waals surface area contributed by atoms with E-state index in [0.29, 0.717) is 57.2 Å². The van der Waals surface area contributed by atoms with E-state index < -0.39 is 30.2 Å². The number of ether oxygens (including phenoxy) is 2. The van der Waals surface area contributed by atoms with Crippen LogP contribution >= 0.6 is 0 Å². The van der Waals surface area contributed by atoms with Crippen molar-refractivity contribution in [1.82, 2.24) is 40.4 Å². The van der Waals surface area contributed by atoms with Gasteiger partial charge in [0, 0.05) is 29.3 Å². The van der Waals surface area contributed by atoms with Crippen LogP contribution in [0.2, 0.25) is 0 Å². The highest BCUT2D eigenvalue weighted by molar-refractivity contribution is 5.89. The van der Waals surface area contributed by atoms with Crippen molar-refractivity contribution in [3.63, 3.8) is 0 Å². The fraction of sp³-hybridized carbons (Fsp3) is 0.480. The van der Waals surface area contributed by atoms with Gasteiger partial charge in [-0.15, -0.1) is 0 Å². The second-order valence-corrected chi connectivity index (χ2v) is 19.6. The Bertz CT molecular complexity index is 2720. The summed E-state index contributed by atoms with van der Waals surface area (Å²) in [5, 5.41) is 5.43. The Labute approximate surface area is 382 Å². The molecule has 6 atom stereocenters. The van der Waals surface area contributed by atoms with E-state index in [1.54, 1.807) is 29.3 Å². The topological polar surface area (TPSA) is 175 Å². The molecule has 4 amide bonds. The summed E-state index contributed by atoms with van der Waals surface area (Å²) in [6.07, 6.45) is 4.69. The van der Waals surface area contributed by atoms with Gasteiger partial charge < -0.3 is 39.9 Å². The molecule has 3 fully saturated rings. The number of alkyl carbamates (subject to hydrolysis) is 2. The van der Waals surface area contributed by atoms with Crippen molar-refractivity contribution in [2.24, 2.45) is 23.2 Å². The highest BCUT2D eigenvalue weighted by Crippen LogP contribution is 2.59. The Hall–Kier alpha value is -6.32. The van der Waals surface area contributed by atoms with E-state index in [2.05, 4.69) is 27.5 Å². The molecule has 2 aliphatic heterocycles. The number of nitrogens with zero attached hydrogens (tertiary/aromatic N) is 4. The number of methoxy groups -OCH3 is 2. The summed E-state index contributed by atoms with van der Waals surface area (Å²) in [5.41, 5.74) is 4.59. The number of aromatic amines is 2. The number of H-pyrrole nitrogens is 2. The van der Waals surface area contributed by atoms with Crippen LogP contribution in [0.25, 0.3) is 44.5 Å². The van der Waals surface area contributed by atoms with Gasteiger partial charge in [0.05, 0.1) is 49.2 Å². The van der Waals surface area contributed by atoms with E-state index >= 15 is 8.78 Å². The van der Waals surface area contributed by atoms with Gasteiger partial charge in [-0.05, 0) is 109 Å². The zero-order valence-corrected chi connectivity index (χ0v) is 38.6. The monoisotopic (exact) mass is 904 g/mol. The number of carbonyl (C=O) groups is 4. The van der Waals surface area contributed by atoms with E-state index in [-0.39, 0.29) is 64.2 Å². The molecule has 0 bridgehead atoms. The Kier molecular flexibility index (Phi) is 11.4. The van der Waals surface area contributed by atoms with Gasteiger partial charge in [0.25, 0.3) is 5.92 Å². The number of alkyl halides is 2. The van der Waals surface area contributed by atoms with Crippen LogP contribution in [0, 0.1) is 23.2 Å². The Balaban J connectivity index is 0.967. The highest BCUT2D eigenvalue weighted by Gasteiger charge is 2.55. The van der Waals surface area contributed by atoms with Crippen LogP contribution in [-0.2, 0) is 25.0 Å². The van der Waals surface area contributed by atoms with Crippen LogP contribution in [0.1, 0.15) is 109 Å². The lowest BCUT2D eigenvalue weighted by atomic mass is 9.85. The summed E-state index contributed by atoms with van der Waals surface area (Å²) in [6.45, 7) is 12.2. The predicted octanol–water partition coefficient (Wildman–Crippen LogP) is 9.24. The summed E-state index contributed by atoms with van der Waals surface area (Å²) < 4.78 is 43.0. The molecule has 0 radical (unpaired) electrons. The Morgan fingerprint density at radius 3 is 1.98 bits per heavy atom. The molecule has 66 heavy (non-hydrogen) atoms. The number of rotatable bonds is 10. The van der Waals surface area contributed by atoms with Crippen LogP contribution < -0.4 is 10.6 Å². The molecule has 14 nitrogen and oxygen atoms in total. The number of likely N-dealkylation sites (tertiary alicyclic amines) is 2. The third-order valence-corrected chi connectivity index (χ3v) is 14.5. The lowest BCUT2D eigenvalue weighted by molar-refractivity contribution is -0.143. The van der Waals surface area contributed by atoms with Crippen molar-refractivity contribution in [3.05, 3.63) is 83.6 Å². The maximum Gasteiger partial charge on any atom is 0.407 e. The lowest BCUT2D eigenvalue weighted by Crippen LogP contribution is -2.56. The molecule has 2 aromatic heterocycles. The smallest absolute Gasteiger partial charge is 0.407 e. The molecule has 4 aliphatic rings. The molecule has 4 heterocycles. The minimum absolute atomic E-state index is 0.00749. The van der Waals surface area contributed by atoms with E-state index in [4.69, 9.17) is 19.4 Å². The molecular weight excluding hydrogens is 847 g/mol. The van der Waals surface area contributed by atoms with Crippen LogP contribution in [0.3, 0.4) is 0 Å². The van der Waals surface area contributed by atoms with Crippen molar-refractivity contribution in [1.29, 1.82) is 0 Å². The van der Waals surface area contributed by atoms with Crippen molar-refractivity contribution in [2.75, 3.05) is 20.8 Å². The average Bonchev–Trinajstić information content (AvgIpc) is 3.61. The van der Waals surface area contributed by atoms with Crippen LogP contribution in [-0.4, -0.2) is 92.6 Å². The number of halogens is 2. The molecule has 16 heteroatoms. The zero-order chi connectivity index (χ0) is 47.0. The number of piperidine rings is 1. The zero-order valence-electron chi connectivity index (χ0n) is 38.6. The Morgan fingerprint density at radius 1 is 0.773 bits per heavy atom. The maximum absolute atomic E-state index is 16.7. The molecule has 3 aromatic carbocycles. The summed E-state index contributed by atoms with van der Waals surface area (Å²) >= 11 is 0. The third-order valence-electron chi connectivity index (χ3n) is 14.5. The number of carbonyl (C=O) groups excluding carboxylic acids is 4. The standard InChI is InChI=1S/C50H58F2N8O6/c1-25(2)40(57-47(63)65-7)45(61)59-24-49(17-18-49)22-39(59)43-53-23-38(56-43)31-12-15-33-32-14-11-29(19-34(32)50(51,52)35(33)20-31)30-13-16-36-37(21-30)55-44(54-36)42-27(5)9-10-28(6)60(42)46(62)41(26(3)4)58-48(64)66-8/h11-16,19-21,23,25-28,39-42H,9-10,17-18,22,24H2,1-8H3,(H,53,56)(H,54,55)(H,57,63)(H,58,64). The molecule has 4 N–H and O–H groups in total. The number of nitrogens with one attached hydrogen (secondary N) is 4. The van der Waals surface area contributed by atoms with E-state index in [1.165, 1.54) is 20.3 Å². The molecule has 1 saturated carbocycles. The number of hydrogen-bond acceptors (Lipinski definition) is 8. The summed E-state index contributed by atoms with van der Waals surface area (Å²) in [5.74, 6) is -2.81. The number of aromatic nitrogens is 4. The molecule has 5 aromatic rings. The quantitative estimate of drug-likeness (QED) is 0.107. The first kappa shape index (κ1) is 44.9. The van der Waals surface area contributed by atoms with Crippen LogP contribution in [0.5, 0.6) is 0 Å². The average molecular weight is 905 g/mol. The molecule has 348 valence electrons. The van der Waals surface area contributed by atoms with Crippen molar-refractivity contribution < 1.29 is 37.4 Å². The molecular formula is C50H58F2N8O6. The molecule has 9 rings (SSSR count). The number of benzene rings is 3. The number of hydrogen-bond donors (Lipinski definition) is 4. The highest BCUT2D eigenvalue weighted by atomic mass is 19.3. The molecule has 6 unspecified atom stereocenters. The summed E-state index contributed by atoms with van der Waals surface area (Å²) in [6, 6.07) is 13.5. The van der Waals surface area contributed by atoms with Gasteiger partial charge in [-0.1, -0.05) is 65.0 Å². The summed E-state index contributed by atoms with van der Waals surface area (Å²) in [7, 11) is 2.54. The van der Waals surface area contributed by atoms with Gasteiger partial charge in [-0.2, -0.15) is 8.78 Å². The molecule has 2 saturated heterocycles. The summed E-state index contributed by atoms with van der Waals surface area (Å²) in [4.78, 5) is 72.7. The van der Waals surface area contributed by atoms with Crippen molar-refractivity contribution in [2.45, 2.75) is 110 Å². The first-order valence-electron chi connectivity index (χ1n) is 23.0. The van der Waals surface area contributed by atoms with Crippen molar-refractivity contribution in [3.8, 4) is 33.5 Å². The minimum atomic E-state index is -3.29. The van der Waals surface area contributed by atoms with Gasteiger partial charge in [-0.3, -0.25) is 9.59 Å². The molecule has 1 spiro atoms. The van der Waals surface area contributed by atoms with Gasteiger partial charge in [0.15, 0.2) is 0 Å². The van der Waals surface area contributed by atoms with E-state index in [0.717, 1.165) is 37.7 Å². The van der Waals surface area contributed by atoms with Crippen LogP contribution in [0.15, 0.2) is 60.8 Å². The number of imidazole rings is 2. The first-order valence-corrected chi connectivity index (χ1v) is 23.0. The second-order valence-electron chi connectivity index (χ2n) is 19.6. The van der Waals surface area contributed by atoms with Crippen molar-refractivity contribution >= 4 is 35.0 Å². The lowest BCUT2D eigenvalue weighted by Gasteiger charge is -2.45. The van der Waals surface area contributed by atoms with Gasteiger partial charge in [-0.25, -0.2) is 19.6 Å². The fourth-order valence-corrected chi connectivity index (χ4v) is 10.5. The largest absolute Gasteiger partial charge is 0.453 e. The number of amides is 4. The Morgan fingerprint density at radius 2 is 1.36 bits per heavy atom. The van der Waals surface area contributed by atoms with E-state index in [9.17, 15) is 19.2 Å². The first-order chi connectivity index (χ1) is 31.4. The number of fused-ring (bicyclic) bond motifs is 4. The van der Waals surface area contributed by atoms with Gasteiger partial charge >= 0.3 is 12.2 Å². The SMILES string of the molecule is COC(=O)NC(C(=O)N1CC2(CC2)CC1c1ncc(-c2ccc3c(c2)C(F)(F)c2cc(-c4ccc5nc(C6C(C)CCC(C)N6C(=O)C(NC(=O)OC)C(C)C)[nH]c5c4)ccc2-3)[nH]1)C(C)C. The second kappa shape index (κ2) is 16.8. The fourth-order valence-electron chi connectivity index (χ4n) is 10.5. The third kappa shape index (κ3) is 7.85. The van der Waals surface area contributed by atoms with Gasteiger partial charge in [0.2, 0.25) is 11.8 Å². The maximum atomic E-state index is 16.7. The molecule has 2 aliphatic carbocycles. The normalized spacial score (nSPS) is 22.3. The van der Waals surface area contributed by atoms with Gasteiger partial charge in [0.1, 0.15) is 23.7 Å².